The number of fused-ring (bicyclic) bond motifs is 1. The van der Waals surface area contributed by atoms with Crippen LogP contribution in [-0.4, -0.2) is 54.3 Å². The second-order valence-electron chi connectivity index (χ2n) is 9.81. The zero-order chi connectivity index (χ0) is 28.0. The molecule has 210 valence electrons. The first-order valence-electron chi connectivity index (χ1n) is 12.9. The number of nitrogens with two attached hydrogens (primary N) is 1. The Morgan fingerprint density at radius 2 is 1.97 bits per heavy atom. The van der Waals surface area contributed by atoms with Gasteiger partial charge in [0, 0.05) is 36.8 Å². The molecule has 3 aromatic rings. The van der Waals surface area contributed by atoms with Crippen molar-refractivity contribution in [2.75, 3.05) is 33.4 Å². The smallest absolute Gasteiger partial charge is 0.249 e. The summed E-state index contributed by atoms with van der Waals surface area (Å²) in [7, 11) is 1.61. The number of rotatable bonds is 11. The highest BCUT2D eigenvalue weighted by molar-refractivity contribution is 5.84. The Morgan fingerprint density at radius 3 is 2.67 bits per heavy atom. The first-order chi connectivity index (χ1) is 18.8. The van der Waals surface area contributed by atoms with E-state index in [0.717, 1.165) is 33.8 Å². The van der Waals surface area contributed by atoms with Crippen molar-refractivity contribution in [3.63, 3.8) is 0 Å². The standard InChI is InChI=1S/C28H33F3N4O4/c1-38-20-4-5-24-22(15-20)21(18(16-32)17-33-24)3-2-6-28(27(36)34-37)7-9-35(10-8-28)11-12-39-25-14-19(29)13-23(30)26(25)31/h4-5,13-15,17,37H,2-3,6-12,16,32H2,1H3,(H,34,36). The molecule has 11 heteroatoms. The van der Waals surface area contributed by atoms with Crippen molar-refractivity contribution in [3.05, 3.63) is 65.1 Å². The molecule has 0 unspecified atom stereocenters. The number of pyridine rings is 1. The largest absolute Gasteiger partial charge is 0.497 e. The minimum Gasteiger partial charge on any atom is -0.497 e. The van der Waals surface area contributed by atoms with Crippen molar-refractivity contribution < 1.29 is 32.6 Å². The van der Waals surface area contributed by atoms with Gasteiger partial charge in [-0.25, -0.2) is 14.3 Å². The van der Waals surface area contributed by atoms with Gasteiger partial charge in [0.1, 0.15) is 18.2 Å². The predicted molar refractivity (Wildman–Crippen MR) is 139 cm³/mol. The fourth-order valence-corrected chi connectivity index (χ4v) is 5.31. The van der Waals surface area contributed by atoms with Crippen LogP contribution in [0.3, 0.4) is 0 Å². The van der Waals surface area contributed by atoms with E-state index < -0.39 is 34.5 Å². The average Bonchev–Trinajstić information content (AvgIpc) is 2.95. The lowest BCUT2D eigenvalue weighted by Crippen LogP contribution is -2.49. The van der Waals surface area contributed by atoms with Crippen LogP contribution in [0.25, 0.3) is 10.9 Å². The predicted octanol–water partition coefficient (Wildman–Crippen LogP) is 4.11. The molecule has 0 aliphatic carbocycles. The maximum Gasteiger partial charge on any atom is 0.249 e. The number of hydrogen-bond acceptors (Lipinski definition) is 7. The van der Waals surface area contributed by atoms with E-state index in [1.165, 1.54) is 0 Å². The Kier molecular flexibility index (Phi) is 9.26. The Hall–Kier alpha value is -3.41. The minimum absolute atomic E-state index is 0.0272. The van der Waals surface area contributed by atoms with Crippen LogP contribution < -0.4 is 20.7 Å². The maximum atomic E-state index is 13.8. The molecule has 2 heterocycles. The Morgan fingerprint density at radius 1 is 1.21 bits per heavy atom. The number of carbonyl (C=O) groups excluding carboxylic acids is 1. The number of hydroxylamine groups is 1. The van der Waals surface area contributed by atoms with Crippen LogP contribution in [0.1, 0.15) is 36.8 Å². The molecule has 8 nitrogen and oxygen atoms in total. The second-order valence-corrected chi connectivity index (χ2v) is 9.81. The van der Waals surface area contributed by atoms with Crippen LogP contribution in [0.15, 0.2) is 36.5 Å². The molecule has 1 aliphatic rings. The molecule has 1 aliphatic heterocycles. The molecule has 0 spiro atoms. The van der Waals surface area contributed by atoms with Gasteiger partial charge in [-0.2, -0.15) is 4.39 Å². The highest BCUT2D eigenvalue weighted by atomic mass is 19.2. The van der Waals surface area contributed by atoms with Crippen LogP contribution in [0, 0.1) is 22.9 Å². The van der Waals surface area contributed by atoms with Crippen molar-refractivity contribution in [2.45, 2.75) is 38.6 Å². The minimum atomic E-state index is -1.31. The molecule has 1 saturated heterocycles. The Balaban J connectivity index is 1.38. The third-order valence-electron chi connectivity index (χ3n) is 7.60. The normalized spacial score (nSPS) is 15.3. The number of carbonyl (C=O) groups is 1. The third kappa shape index (κ3) is 6.43. The number of benzene rings is 2. The van der Waals surface area contributed by atoms with Gasteiger partial charge in [0.05, 0.1) is 18.0 Å². The van der Waals surface area contributed by atoms with E-state index in [4.69, 9.17) is 15.2 Å². The quantitative estimate of drug-likeness (QED) is 0.189. The first-order valence-corrected chi connectivity index (χ1v) is 12.9. The van der Waals surface area contributed by atoms with Crippen molar-refractivity contribution in [2.24, 2.45) is 11.1 Å². The van der Waals surface area contributed by atoms with E-state index in [1.54, 1.807) is 13.3 Å². The number of methoxy groups -OCH3 is 1. The van der Waals surface area contributed by atoms with Gasteiger partial charge < -0.3 is 15.2 Å². The molecular formula is C28H33F3N4O4. The van der Waals surface area contributed by atoms with E-state index in [9.17, 15) is 23.2 Å². The number of aryl methyl sites for hydroxylation is 1. The molecule has 1 amide bonds. The third-order valence-corrected chi connectivity index (χ3v) is 7.60. The van der Waals surface area contributed by atoms with E-state index in [1.807, 2.05) is 28.6 Å². The lowest BCUT2D eigenvalue weighted by atomic mass is 9.73. The highest BCUT2D eigenvalue weighted by Gasteiger charge is 2.40. The van der Waals surface area contributed by atoms with Crippen molar-refractivity contribution in [3.8, 4) is 11.5 Å². The summed E-state index contributed by atoms with van der Waals surface area (Å²) in [6.07, 6.45) is 4.69. The first kappa shape index (κ1) is 28.6. The molecule has 4 N–H and O–H groups in total. The van der Waals surface area contributed by atoms with Gasteiger partial charge in [-0.3, -0.25) is 19.9 Å². The van der Waals surface area contributed by atoms with Crippen LogP contribution in [0.5, 0.6) is 11.5 Å². The number of likely N-dealkylation sites (tertiary alicyclic amines) is 1. The van der Waals surface area contributed by atoms with Gasteiger partial charge in [0.2, 0.25) is 11.7 Å². The molecule has 0 bridgehead atoms. The van der Waals surface area contributed by atoms with Gasteiger partial charge in [-0.1, -0.05) is 0 Å². The lowest BCUT2D eigenvalue weighted by molar-refractivity contribution is -0.143. The summed E-state index contributed by atoms with van der Waals surface area (Å²) in [4.78, 5) is 19.3. The molecule has 0 radical (unpaired) electrons. The highest BCUT2D eigenvalue weighted by Crippen LogP contribution is 2.38. The summed E-state index contributed by atoms with van der Waals surface area (Å²) in [6, 6.07) is 6.97. The zero-order valence-corrected chi connectivity index (χ0v) is 21.8. The van der Waals surface area contributed by atoms with Crippen LogP contribution in [-0.2, 0) is 17.8 Å². The second kappa shape index (κ2) is 12.6. The summed E-state index contributed by atoms with van der Waals surface area (Å²) >= 11 is 0. The van der Waals surface area contributed by atoms with Crippen molar-refractivity contribution in [1.29, 1.82) is 0 Å². The van der Waals surface area contributed by atoms with Crippen LogP contribution in [0.4, 0.5) is 13.2 Å². The fourth-order valence-electron chi connectivity index (χ4n) is 5.31. The SMILES string of the molecule is COc1ccc2ncc(CN)c(CCCC3(C(=O)NO)CCN(CCOc4cc(F)cc(F)c4F)CC3)c2c1. The van der Waals surface area contributed by atoms with Gasteiger partial charge in [-0.15, -0.1) is 0 Å². The summed E-state index contributed by atoms with van der Waals surface area (Å²) < 4.78 is 51.3. The zero-order valence-electron chi connectivity index (χ0n) is 21.8. The summed E-state index contributed by atoms with van der Waals surface area (Å²) in [5.41, 5.74) is 9.92. The lowest BCUT2D eigenvalue weighted by Gasteiger charge is -2.40. The molecule has 4 rings (SSSR count). The number of halogens is 3. The van der Waals surface area contributed by atoms with E-state index in [0.29, 0.717) is 64.3 Å². The van der Waals surface area contributed by atoms with Crippen LogP contribution in [0.2, 0.25) is 0 Å². The number of amides is 1. The molecular weight excluding hydrogens is 513 g/mol. The fraction of sp³-hybridized carbons (Fsp3) is 0.429. The molecule has 1 fully saturated rings. The monoisotopic (exact) mass is 546 g/mol. The number of piperidine rings is 1. The number of nitrogens with zero attached hydrogens (tertiary/aromatic N) is 2. The molecule has 1 aromatic heterocycles. The molecule has 0 saturated carbocycles. The number of hydrogen-bond donors (Lipinski definition) is 3. The van der Waals surface area contributed by atoms with Gasteiger partial charge >= 0.3 is 0 Å². The maximum absolute atomic E-state index is 13.8. The van der Waals surface area contributed by atoms with Gasteiger partial charge in [0.15, 0.2) is 11.6 Å². The topological polar surface area (TPSA) is 110 Å². The van der Waals surface area contributed by atoms with Crippen molar-refractivity contribution >= 4 is 16.8 Å². The van der Waals surface area contributed by atoms with Gasteiger partial charge in [0.25, 0.3) is 0 Å². The van der Waals surface area contributed by atoms with E-state index in [2.05, 4.69) is 4.98 Å². The Bertz CT molecular complexity index is 1310. The van der Waals surface area contributed by atoms with Crippen molar-refractivity contribution in [1.82, 2.24) is 15.4 Å². The van der Waals surface area contributed by atoms with E-state index >= 15 is 0 Å². The molecule has 0 atom stereocenters. The van der Waals surface area contributed by atoms with Crippen LogP contribution >= 0.6 is 0 Å². The Labute approximate surface area is 224 Å². The summed E-state index contributed by atoms with van der Waals surface area (Å²) in [5, 5.41) is 10.4. The average molecular weight is 547 g/mol. The van der Waals surface area contributed by atoms with E-state index in [-0.39, 0.29) is 6.61 Å². The molecule has 2 aromatic carbocycles. The number of aromatic nitrogens is 1. The van der Waals surface area contributed by atoms with Gasteiger partial charge in [-0.05, 0) is 74.5 Å². The number of ether oxygens (including phenoxy) is 2. The summed E-state index contributed by atoms with van der Waals surface area (Å²) in [6.45, 7) is 1.83. The molecule has 39 heavy (non-hydrogen) atoms. The summed E-state index contributed by atoms with van der Waals surface area (Å²) in [5.74, 6) is -3.63. The number of nitrogens with one attached hydrogen (secondary N) is 1.